The standard InChI is InChI=1S/C27H22ClF7N6O4S/c28-22-11-18(27(33,34)35)14-37-24(22)36-9-10-41(46(43,44)21-7-5-19(29)6-8-21)15-20-12-23(40-45-20)25(42)39-38-13-16-1-3-17(4-2-16)26(30,31)32/h1-8,11,13-14,20H,9-10,12,15H2,(H,36,37)(H,39,42)/b38-13+/t20-/m1/s1. The van der Waals surface area contributed by atoms with Gasteiger partial charge >= 0.3 is 12.4 Å². The summed E-state index contributed by atoms with van der Waals surface area (Å²) in [4.78, 5) is 21.1. The summed E-state index contributed by atoms with van der Waals surface area (Å²) in [6.45, 7) is -0.833. The van der Waals surface area contributed by atoms with Gasteiger partial charge in [-0.05, 0) is 48.0 Å². The number of hydrogen-bond donors (Lipinski definition) is 2. The van der Waals surface area contributed by atoms with E-state index in [2.05, 4.69) is 26.0 Å². The summed E-state index contributed by atoms with van der Waals surface area (Å²) in [5, 5.41) is 9.66. The number of benzene rings is 2. The molecule has 0 radical (unpaired) electrons. The number of carbonyl (C=O) groups excluding carboxylic acids is 1. The predicted molar refractivity (Wildman–Crippen MR) is 152 cm³/mol. The number of oxime groups is 1. The van der Waals surface area contributed by atoms with Gasteiger partial charge in [-0.15, -0.1) is 0 Å². The van der Waals surface area contributed by atoms with Gasteiger partial charge in [0.15, 0.2) is 0 Å². The van der Waals surface area contributed by atoms with Gasteiger partial charge in [0.25, 0.3) is 5.91 Å². The second kappa shape index (κ2) is 14.0. The van der Waals surface area contributed by atoms with Crippen LogP contribution in [0.4, 0.5) is 36.6 Å². The molecule has 0 saturated carbocycles. The smallest absolute Gasteiger partial charge is 0.390 e. The number of carbonyl (C=O) groups is 1. The summed E-state index contributed by atoms with van der Waals surface area (Å²) in [7, 11) is -4.29. The number of alkyl halides is 6. The number of nitrogens with zero attached hydrogens (tertiary/aromatic N) is 4. The van der Waals surface area contributed by atoms with E-state index in [1.54, 1.807) is 0 Å². The Balaban J connectivity index is 1.39. The molecule has 19 heteroatoms. The number of pyridine rings is 1. The molecule has 2 heterocycles. The van der Waals surface area contributed by atoms with Crippen molar-refractivity contribution in [2.24, 2.45) is 10.3 Å². The average Bonchev–Trinajstić information content (AvgIpc) is 3.46. The van der Waals surface area contributed by atoms with E-state index in [1.807, 2.05) is 0 Å². The van der Waals surface area contributed by atoms with Crippen LogP contribution in [0.25, 0.3) is 0 Å². The van der Waals surface area contributed by atoms with Crippen LogP contribution in [0.5, 0.6) is 0 Å². The summed E-state index contributed by atoms with van der Waals surface area (Å²) in [6, 6.07) is 8.62. The van der Waals surface area contributed by atoms with E-state index >= 15 is 0 Å². The van der Waals surface area contributed by atoms with Crippen LogP contribution in [0.2, 0.25) is 5.02 Å². The fraction of sp³-hybridized carbons (Fsp3) is 0.259. The van der Waals surface area contributed by atoms with Crippen molar-refractivity contribution in [3.63, 3.8) is 0 Å². The quantitative estimate of drug-likeness (QED) is 0.159. The minimum absolute atomic E-state index is 0.134. The van der Waals surface area contributed by atoms with Crippen LogP contribution >= 0.6 is 11.6 Å². The summed E-state index contributed by atoms with van der Waals surface area (Å²) >= 11 is 5.91. The highest BCUT2D eigenvalue weighted by atomic mass is 35.5. The molecule has 10 nitrogen and oxygen atoms in total. The van der Waals surface area contributed by atoms with Crippen LogP contribution in [-0.2, 0) is 32.0 Å². The van der Waals surface area contributed by atoms with Crippen LogP contribution in [0.15, 0.2) is 75.9 Å². The van der Waals surface area contributed by atoms with Crippen molar-refractivity contribution in [3.8, 4) is 0 Å². The SMILES string of the molecule is O=C(N/N=C/c1ccc(C(F)(F)F)cc1)C1=NO[C@@H](CN(CCNc2ncc(C(F)(F)F)cc2Cl)S(=O)(=O)c2ccc(F)cc2)C1. The first-order chi connectivity index (χ1) is 21.5. The predicted octanol–water partition coefficient (Wildman–Crippen LogP) is 5.31. The van der Waals surface area contributed by atoms with Gasteiger partial charge in [0, 0.05) is 25.7 Å². The molecule has 0 spiro atoms. The van der Waals surface area contributed by atoms with Gasteiger partial charge in [-0.3, -0.25) is 4.79 Å². The van der Waals surface area contributed by atoms with E-state index in [9.17, 15) is 43.9 Å². The molecule has 1 atom stereocenters. The van der Waals surface area contributed by atoms with Gasteiger partial charge in [0.1, 0.15) is 23.5 Å². The fourth-order valence-corrected chi connectivity index (χ4v) is 5.67. The molecular weight excluding hydrogens is 673 g/mol. The monoisotopic (exact) mass is 694 g/mol. The maximum Gasteiger partial charge on any atom is 0.417 e. The lowest BCUT2D eigenvalue weighted by Gasteiger charge is -2.24. The first kappa shape index (κ1) is 34.6. The molecule has 1 aromatic heterocycles. The molecular formula is C27H22ClF7N6O4S. The number of hydrazone groups is 1. The van der Waals surface area contributed by atoms with Crippen LogP contribution in [0.1, 0.15) is 23.1 Å². The molecule has 2 aromatic carbocycles. The van der Waals surface area contributed by atoms with Gasteiger partial charge in [0.05, 0.1) is 33.8 Å². The summed E-state index contributed by atoms with van der Waals surface area (Å²) in [5.74, 6) is -1.63. The van der Waals surface area contributed by atoms with Crippen molar-refractivity contribution in [3.05, 3.63) is 88.3 Å². The first-order valence-electron chi connectivity index (χ1n) is 13.0. The molecule has 0 aliphatic carbocycles. The van der Waals surface area contributed by atoms with Crippen LogP contribution in [-0.4, -0.2) is 61.3 Å². The minimum Gasteiger partial charge on any atom is -0.390 e. The summed E-state index contributed by atoms with van der Waals surface area (Å²) < 4.78 is 118. The second-order valence-corrected chi connectivity index (χ2v) is 11.9. The van der Waals surface area contributed by atoms with Crippen molar-refractivity contribution in [2.45, 2.75) is 29.8 Å². The van der Waals surface area contributed by atoms with Gasteiger partial charge in [-0.25, -0.2) is 23.2 Å². The summed E-state index contributed by atoms with van der Waals surface area (Å²) in [6.07, 6.45) is -8.66. The number of aromatic nitrogens is 1. The lowest BCUT2D eigenvalue weighted by molar-refractivity contribution is -0.138. The number of hydrogen-bond acceptors (Lipinski definition) is 8. The van der Waals surface area contributed by atoms with Crippen molar-refractivity contribution in [2.75, 3.05) is 25.0 Å². The first-order valence-corrected chi connectivity index (χ1v) is 14.8. The molecule has 1 amide bonds. The molecule has 1 aliphatic rings. The molecule has 0 fully saturated rings. The van der Waals surface area contributed by atoms with E-state index in [0.717, 1.165) is 59.1 Å². The third kappa shape index (κ3) is 8.91. The van der Waals surface area contributed by atoms with E-state index in [0.29, 0.717) is 12.3 Å². The van der Waals surface area contributed by atoms with Crippen LogP contribution in [0.3, 0.4) is 0 Å². The van der Waals surface area contributed by atoms with E-state index in [-0.39, 0.29) is 53.1 Å². The van der Waals surface area contributed by atoms with E-state index < -0.39 is 51.3 Å². The van der Waals surface area contributed by atoms with Crippen molar-refractivity contribution < 1.29 is 48.8 Å². The third-order valence-electron chi connectivity index (χ3n) is 6.29. The fourth-order valence-electron chi connectivity index (χ4n) is 3.96. The van der Waals surface area contributed by atoms with Crippen molar-refractivity contribution in [1.82, 2.24) is 14.7 Å². The number of nitrogens with one attached hydrogen (secondary N) is 2. The highest BCUT2D eigenvalue weighted by Crippen LogP contribution is 2.32. The Morgan fingerprint density at radius 3 is 2.30 bits per heavy atom. The second-order valence-electron chi connectivity index (χ2n) is 9.58. The zero-order valence-corrected chi connectivity index (χ0v) is 24.7. The number of anilines is 1. The third-order valence-corrected chi connectivity index (χ3v) is 8.46. The Labute approximate surface area is 261 Å². The topological polar surface area (TPSA) is 125 Å². The van der Waals surface area contributed by atoms with Crippen LogP contribution in [0, 0.1) is 5.82 Å². The highest BCUT2D eigenvalue weighted by molar-refractivity contribution is 7.89. The minimum atomic E-state index is -4.67. The zero-order valence-electron chi connectivity index (χ0n) is 23.1. The molecule has 4 rings (SSSR count). The Morgan fingerprint density at radius 2 is 1.70 bits per heavy atom. The molecule has 0 saturated heterocycles. The number of halogens is 8. The Morgan fingerprint density at radius 1 is 1.04 bits per heavy atom. The molecule has 0 bridgehead atoms. The van der Waals surface area contributed by atoms with E-state index in [4.69, 9.17) is 16.4 Å². The molecule has 246 valence electrons. The number of rotatable bonds is 11. The molecule has 3 aromatic rings. The summed E-state index contributed by atoms with van der Waals surface area (Å²) in [5.41, 5.74) is 0.323. The average molecular weight is 695 g/mol. The zero-order chi connectivity index (χ0) is 33.7. The largest absolute Gasteiger partial charge is 0.417 e. The van der Waals surface area contributed by atoms with Gasteiger partial charge in [-0.2, -0.15) is 35.7 Å². The maximum atomic E-state index is 13.5. The van der Waals surface area contributed by atoms with E-state index in [1.165, 1.54) is 0 Å². The Kier molecular flexibility index (Phi) is 10.5. The maximum absolute atomic E-state index is 13.5. The van der Waals surface area contributed by atoms with Crippen molar-refractivity contribution in [1.29, 1.82) is 0 Å². The molecule has 2 N–H and O–H groups in total. The van der Waals surface area contributed by atoms with Gasteiger partial charge < -0.3 is 10.2 Å². The highest BCUT2D eigenvalue weighted by Gasteiger charge is 2.34. The molecule has 0 unspecified atom stereocenters. The molecule has 46 heavy (non-hydrogen) atoms. The van der Waals surface area contributed by atoms with Crippen molar-refractivity contribution >= 4 is 45.3 Å². The lowest BCUT2D eigenvalue weighted by atomic mass is 10.1. The normalized spacial score (nSPS) is 15.6. The Bertz CT molecular complexity index is 1720. The van der Waals surface area contributed by atoms with Crippen LogP contribution < -0.4 is 10.7 Å². The number of sulfonamides is 1. The number of amides is 1. The Hall–Kier alpha value is -4.29. The van der Waals surface area contributed by atoms with Gasteiger partial charge in [-0.1, -0.05) is 28.9 Å². The van der Waals surface area contributed by atoms with Gasteiger partial charge in [0.2, 0.25) is 10.0 Å². The molecule has 1 aliphatic heterocycles. The lowest BCUT2D eigenvalue weighted by Crippen LogP contribution is -2.41.